The van der Waals surface area contributed by atoms with Gasteiger partial charge in [-0.1, -0.05) is 0 Å². The van der Waals surface area contributed by atoms with E-state index in [-0.39, 0.29) is 25.6 Å². The van der Waals surface area contributed by atoms with Gasteiger partial charge in [-0.3, -0.25) is 0 Å². The fourth-order valence-electron chi connectivity index (χ4n) is 0.698. The predicted molar refractivity (Wildman–Crippen MR) is 58.2 cm³/mol. The fourth-order valence-corrected chi connectivity index (χ4v) is 1.46. The molecule has 0 saturated carbocycles. The van der Waals surface area contributed by atoms with Gasteiger partial charge in [0.1, 0.15) is 0 Å². The van der Waals surface area contributed by atoms with Crippen molar-refractivity contribution in [2.24, 2.45) is 5.41 Å². The molecular formula is C6H14O3S3. The zero-order chi connectivity index (χ0) is 9.83. The van der Waals surface area contributed by atoms with Gasteiger partial charge >= 0.3 is 0 Å². The van der Waals surface area contributed by atoms with Crippen LogP contribution in [0, 0.1) is 5.41 Å². The fraction of sp³-hybridized carbons (Fsp3) is 1.00. The van der Waals surface area contributed by atoms with Gasteiger partial charge in [-0.15, -0.1) is 0 Å². The summed E-state index contributed by atoms with van der Waals surface area (Å²) in [5.74, 6) is 0.237. The summed E-state index contributed by atoms with van der Waals surface area (Å²) >= 11 is 12.2. The molecule has 0 bridgehead atoms. The lowest BCUT2D eigenvalue weighted by Gasteiger charge is -2.40. The molecule has 0 heterocycles. The number of hydrogen-bond acceptors (Lipinski definition) is 6. The van der Waals surface area contributed by atoms with Crippen LogP contribution in [0.1, 0.15) is 0 Å². The number of aliphatic hydroxyl groups excluding tert-OH is 3. The van der Waals surface area contributed by atoms with Crippen LogP contribution in [0.15, 0.2) is 0 Å². The van der Waals surface area contributed by atoms with Crippen LogP contribution in [0.4, 0.5) is 0 Å². The highest BCUT2D eigenvalue weighted by Gasteiger charge is 2.45. The minimum Gasteiger partial charge on any atom is -0.396 e. The van der Waals surface area contributed by atoms with Crippen LogP contribution in [0.25, 0.3) is 0 Å². The average Bonchev–Trinajstić information content (AvgIpc) is 2.08. The molecule has 12 heavy (non-hydrogen) atoms. The molecule has 0 aromatic rings. The Morgan fingerprint density at radius 1 is 0.917 bits per heavy atom. The second kappa shape index (κ2) is 4.97. The molecule has 3 nitrogen and oxygen atoms in total. The van der Waals surface area contributed by atoms with Crippen molar-refractivity contribution in [3.05, 3.63) is 0 Å². The van der Waals surface area contributed by atoms with E-state index in [0.29, 0.717) is 0 Å². The average molecular weight is 230 g/mol. The van der Waals surface area contributed by atoms with E-state index in [2.05, 4.69) is 37.9 Å². The molecule has 0 aromatic heterocycles. The van der Waals surface area contributed by atoms with Crippen molar-refractivity contribution in [1.29, 1.82) is 0 Å². The van der Waals surface area contributed by atoms with E-state index in [9.17, 15) is 0 Å². The van der Waals surface area contributed by atoms with Crippen molar-refractivity contribution in [2.45, 2.75) is 4.08 Å². The monoisotopic (exact) mass is 230 g/mol. The molecule has 0 aromatic carbocycles. The first-order valence-electron chi connectivity index (χ1n) is 3.38. The maximum atomic E-state index is 8.99. The van der Waals surface area contributed by atoms with Crippen LogP contribution >= 0.6 is 37.9 Å². The summed E-state index contributed by atoms with van der Waals surface area (Å²) < 4.78 is -0.992. The van der Waals surface area contributed by atoms with Gasteiger partial charge in [-0.25, -0.2) is 0 Å². The van der Waals surface area contributed by atoms with Crippen molar-refractivity contribution in [2.75, 3.05) is 25.6 Å². The predicted octanol–water partition coefficient (Wildman–Crippen LogP) is -0.565. The van der Waals surface area contributed by atoms with Crippen LogP contribution < -0.4 is 0 Å². The molecule has 0 fully saturated rings. The Morgan fingerprint density at radius 3 is 1.33 bits per heavy atom. The maximum Gasteiger partial charge on any atom is 0.0761 e. The molecule has 0 saturated heterocycles. The molecule has 74 valence electrons. The number of rotatable bonds is 5. The Kier molecular flexibility index (Phi) is 5.36. The summed E-state index contributed by atoms with van der Waals surface area (Å²) in [4.78, 5) is 0. The smallest absolute Gasteiger partial charge is 0.0761 e. The van der Waals surface area contributed by atoms with Crippen LogP contribution in [-0.2, 0) is 0 Å². The molecule has 0 rings (SSSR count). The quantitative estimate of drug-likeness (QED) is 0.283. The Bertz CT molecular complexity index is 128. The summed E-state index contributed by atoms with van der Waals surface area (Å²) in [7, 11) is 0. The van der Waals surface area contributed by atoms with Gasteiger partial charge in [0.05, 0.1) is 29.3 Å². The molecule has 3 N–H and O–H groups in total. The van der Waals surface area contributed by atoms with Gasteiger partial charge in [-0.05, 0) is 0 Å². The van der Waals surface area contributed by atoms with Crippen molar-refractivity contribution in [3.63, 3.8) is 0 Å². The van der Waals surface area contributed by atoms with Crippen LogP contribution in [-0.4, -0.2) is 45.0 Å². The maximum absolute atomic E-state index is 8.99. The highest BCUT2D eigenvalue weighted by atomic mass is 32.2. The molecule has 0 atom stereocenters. The third kappa shape index (κ3) is 2.24. The molecule has 0 amide bonds. The number of thiol groups is 3. The summed E-state index contributed by atoms with van der Waals surface area (Å²) in [6.45, 7) is -1.14. The lowest BCUT2D eigenvalue weighted by atomic mass is 9.87. The van der Waals surface area contributed by atoms with Gasteiger partial charge in [0.15, 0.2) is 0 Å². The Hall–Kier alpha value is 0.930. The van der Waals surface area contributed by atoms with Crippen molar-refractivity contribution in [1.82, 2.24) is 0 Å². The van der Waals surface area contributed by atoms with Crippen LogP contribution in [0.3, 0.4) is 0 Å². The van der Waals surface area contributed by atoms with E-state index in [4.69, 9.17) is 15.3 Å². The largest absolute Gasteiger partial charge is 0.396 e. The summed E-state index contributed by atoms with van der Waals surface area (Å²) in [6, 6.07) is 0. The second-order valence-electron chi connectivity index (χ2n) is 2.73. The molecule has 0 aliphatic rings. The van der Waals surface area contributed by atoms with Gasteiger partial charge < -0.3 is 15.3 Å². The lowest BCUT2D eigenvalue weighted by molar-refractivity contribution is 0.00222. The molecule has 0 aliphatic heterocycles. The first-order chi connectivity index (χ1) is 5.49. The standard InChI is InChI=1S/C6H14O3S3/c7-1-5(2-8,3-9)6(11,12)4-10/h7-12H,1-4H2. The van der Waals surface area contributed by atoms with Crippen molar-refractivity contribution < 1.29 is 15.3 Å². The first-order valence-corrected chi connectivity index (χ1v) is 4.90. The zero-order valence-corrected chi connectivity index (χ0v) is 9.19. The Morgan fingerprint density at radius 2 is 1.25 bits per heavy atom. The number of hydrogen-bond donors (Lipinski definition) is 6. The van der Waals surface area contributed by atoms with Crippen LogP contribution in [0.2, 0.25) is 0 Å². The van der Waals surface area contributed by atoms with E-state index in [1.54, 1.807) is 0 Å². The lowest BCUT2D eigenvalue weighted by Crippen LogP contribution is -2.50. The normalized spacial score (nSPS) is 13.5. The van der Waals surface area contributed by atoms with Gasteiger partial charge in [0, 0.05) is 5.75 Å². The zero-order valence-electron chi connectivity index (χ0n) is 6.51. The first kappa shape index (κ1) is 12.9. The molecule has 0 spiro atoms. The topological polar surface area (TPSA) is 60.7 Å². The van der Waals surface area contributed by atoms with Gasteiger partial charge in [0.2, 0.25) is 0 Å². The van der Waals surface area contributed by atoms with E-state index in [1.807, 2.05) is 0 Å². The van der Waals surface area contributed by atoms with Crippen molar-refractivity contribution in [3.8, 4) is 0 Å². The summed E-state index contributed by atoms with van der Waals surface area (Å²) in [5.41, 5.74) is -1.11. The molecular weight excluding hydrogens is 216 g/mol. The molecule has 0 unspecified atom stereocenters. The second-order valence-corrected chi connectivity index (χ2v) is 4.93. The van der Waals surface area contributed by atoms with Gasteiger partial charge in [0.25, 0.3) is 0 Å². The highest BCUT2D eigenvalue weighted by Crippen LogP contribution is 2.40. The number of aliphatic hydroxyl groups is 3. The van der Waals surface area contributed by atoms with Crippen LogP contribution in [0.5, 0.6) is 0 Å². The third-order valence-electron chi connectivity index (χ3n) is 1.98. The molecule has 0 aliphatic carbocycles. The summed E-state index contributed by atoms with van der Waals surface area (Å²) in [5, 5.41) is 27.0. The van der Waals surface area contributed by atoms with E-state index >= 15 is 0 Å². The highest BCUT2D eigenvalue weighted by molar-refractivity contribution is 8.02. The SMILES string of the molecule is OCC(CO)(CO)C(S)(S)CS. The van der Waals surface area contributed by atoms with E-state index in [0.717, 1.165) is 0 Å². The van der Waals surface area contributed by atoms with Crippen molar-refractivity contribution >= 4 is 37.9 Å². The summed E-state index contributed by atoms with van der Waals surface area (Å²) in [6.07, 6.45) is 0. The Balaban J connectivity index is 4.69. The molecule has 0 radical (unpaired) electrons. The van der Waals surface area contributed by atoms with Gasteiger partial charge in [-0.2, -0.15) is 37.9 Å². The minimum absolute atomic E-state index is 0.237. The molecule has 6 heteroatoms. The van der Waals surface area contributed by atoms with E-state index in [1.165, 1.54) is 0 Å². The third-order valence-corrected chi connectivity index (χ3v) is 4.22. The Labute approximate surface area is 88.4 Å². The minimum atomic E-state index is -1.11. The van der Waals surface area contributed by atoms with E-state index < -0.39 is 9.49 Å².